The third-order valence-electron chi connectivity index (χ3n) is 7.54. The monoisotopic (exact) mass is 592 g/mol. The highest BCUT2D eigenvalue weighted by atomic mass is 16.5. The Kier molecular flexibility index (Phi) is 12.6. The molecule has 8 rings (SSSR count). The molecule has 0 atom stereocenters. The fourth-order valence-electron chi connectivity index (χ4n) is 4.92. The molecule has 6 aliphatic heterocycles. The molecule has 0 amide bonds. The van der Waals surface area contributed by atoms with Crippen LogP contribution in [0.25, 0.3) is 0 Å². The van der Waals surface area contributed by atoms with Crippen molar-refractivity contribution in [1.82, 2.24) is 19.6 Å². The lowest BCUT2D eigenvalue weighted by Gasteiger charge is -2.32. The maximum atomic E-state index is 5.91. The molecule has 0 aliphatic carbocycles. The third-order valence-corrected chi connectivity index (χ3v) is 7.54. The standard InChI is InChI=1S/C36H40N4O4/c1-2-14-34-33(13-1)41-29-9-5-17-37-21-23-39(24-22-37)19-7-11-31-43-35-15-3-4-16-36(35)44-32-12-8-20-40-27-25-38(26-28-40)18-6-10-30-42-34/h1-4,13-16H,17-32H2. The zero-order valence-electron chi connectivity index (χ0n) is 25.4. The number of piperazine rings is 2. The van der Waals surface area contributed by atoms with Crippen molar-refractivity contribution in [1.29, 1.82) is 0 Å². The molecule has 2 aromatic carbocycles. The first-order valence-electron chi connectivity index (χ1n) is 15.2. The van der Waals surface area contributed by atoms with E-state index in [0.29, 0.717) is 49.4 Å². The molecule has 2 saturated heterocycles. The quantitative estimate of drug-likeness (QED) is 0.432. The SMILES string of the molecule is C1#CCN2CCN(CC#CCOc3ccccc3OCC#CCN3CCN(CC#CCOc4ccccc4OC1)CC3)CC2. The van der Waals surface area contributed by atoms with Crippen molar-refractivity contribution in [3.8, 4) is 70.4 Å². The van der Waals surface area contributed by atoms with Crippen LogP contribution in [0.1, 0.15) is 0 Å². The Labute approximate surface area is 262 Å². The van der Waals surface area contributed by atoms with Gasteiger partial charge < -0.3 is 18.9 Å². The Bertz CT molecular complexity index is 1230. The van der Waals surface area contributed by atoms with Gasteiger partial charge in [-0.3, -0.25) is 19.6 Å². The molecular weight excluding hydrogens is 552 g/mol. The van der Waals surface area contributed by atoms with Gasteiger partial charge in [0, 0.05) is 52.4 Å². The van der Waals surface area contributed by atoms with Crippen molar-refractivity contribution in [2.75, 3.05) is 105 Å². The molecule has 2 fully saturated rings. The molecule has 0 radical (unpaired) electrons. The van der Waals surface area contributed by atoms with Gasteiger partial charge in [-0.15, -0.1) is 0 Å². The molecule has 0 unspecified atom stereocenters. The normalized spacial score (nSPS) is 24.5. The van der Waals surface area contributed by atoms with Gasteiger partial charge in [0.25, 0.3) is 0 Å². The smallest absolute Gasteiger partial charge is 0.162 e. The molecule has 0 saturated carbocycles. The zero-order valence-corrected chi connectivity index (χ0v) is 25.4. The highest BCUT2D eigenvalue weighted by Crippen LogP contribution is 2.27. The van der Waals surface area contributed by atoms with Crippen LogP contribution in [-0.4, -0.2) is 125 Å². The van der Waals surface area contributed by atoms with Gasteiger partial charge >= 0.3 is 0 Å². The van der Waals surface area contributed by atoms with E-state index in [1.54, 1.807) is 0 Å². The second-order valence-electron chi connectivity index (χ2n) is 10.6. The summed E-state index contributed by atoms with van der Waals surface area (Å²) in [6, 6.07) is 15.4. The van der Waals surface area contributed by atoms with Crippen molar-refractivity contribution < 1.29 is 18.9 Å². The van der Waals surface area contributed by atoms with Gasteiger partial charge in [0.05, 0.1) is 26.2 Å². The Hall–Kier alpha value is -4.28. The van der Waals surface area contributed by atoms with Crippen LogP contribution in [-0.2, 0) is 0 Å². The first-order valence-corrected chi connectivity index (χ1v) is 15.2. The molecule has 228 valence electrons. The first kappa shape index (κ1) is 31.2. The van der Waals surface area contributed by atoms with Crippen LogP contribution in [0, 0.1) is 47.4 Å². The molecule has 44 heavy (non-hydrogen) atoms. The topological polar surface area (TPSA) is 49.9 Å². The Balaban J connectivity index is 1.16. The molecule has 6 heterocycles. The summed E-state index contributed by atoms with van der Waals surface area (Å²) in [6.07, 6.45) is 0. The van der Waals surface area contributed by atoms with Gasteiger partial charge in [-0.05, 0) is 24.3 Å². The molecule has 0 N–H and O–H groups in total. The van der Waals surface area contributed by atoms with Gasteiger partial charge in [0.15, 0.2) is 23.0 Å². The van der Waals surface area contributed by atoms with Crippen LogP contribution in [0.5, 0.6) is 23.0 Å². The molecule has 2 aromatic rings. The molecule has 0 spiro atoms. The van der Waals surface area contributed by atoms with Gasteiger partial charge in [0.1, 0.15) is 26.4 Å². The van der Waals surface area contributed by atoms with E-state index in [0.717, 1.165) is 78.5 Å². The maximum absolute atomic E-state index is 5.91. The van der Waals surface area contributed by atoms with Crippen LogP contribution in [0.2, 0.25) is 0 Å². The van der Waals surface area contributed by atoms with E-state index < -0.39 is 0 Å². The van der Waals surface area contributed by atoms with E-state index in [1.807, 2.05) is 48.5 Å². The van der Waals surface area contributed by atoms with Crippen molar-refractivity contribution in [3.63, 3.8) is 0 Å². The molecule has 0 aromatic heterocycles. The Morgan fingerprint density at radius 1 is 0.341 bits per heavy atom. The fourth-order valence-corrected chi connectivity index (χ4v) is 4.92. The summed E-state index contributed by atoms with van der Waals surface area (Å²) in [6.45, 7) is 11.9. The molecule has 8 nitrogen and oxygen atoms in total. The summed E-state index contributed by atoms with van der Waals surface area (Å²) >= 11 is 0. The fraction of sp³-hybridized carbons (Fsp3) is 0.444. The third kappa shape index (κ3) is 10.5. The van der Waals surface area contributed by atoms with Gasteiger partial charge in [-0.25, -0.2) is 0 Å². The van der Waals surface area contributed by atoms with Crippen molar-refractivity contribution in [2.45, 2.75) is 0 Å². The first-order chi connectivity index (χ1) is 21.8. The lowest BCUT2D eigenvalue weighted by atomic mass is 10.3. The van der Waals surface area contributed by atoms with Gasteiger partial charge in [-0.1, -0.05) is 71.6 Å². The predicted octanol–water partition coefficient (Wildman–Crippen LogP) is 2.16. The van der Waals surface area contributed by atoms with Crippen molar-refractivity contribution >= 4 is 0 Å². The highest BCUT2D eigenvalue weighted by Gasteiger charge is 2.16. The predicted molar refractivity (Wildman–Crippen MR) is 172 cm³/mol. The van der Waals surface area contributed by atoms with Crippen LogP contribution >= 0.6 is 0 Å². The molecule has 4 bridgehead atoms. The second-order valence-corrected chi connectivity index (χ2v) is 10.6. The lowest BCUT2D eigenvalue weighted by Crippen LogP contribution is -2.46. The van der Waals surface area contributed by atoms with E-state index in [2.05, 4.69) is 67.0 Å². The summed E-state index contributed by atoms with van der Waals surface area (Å²) in [5.74, 6) is 28.3. The maximum Gasteiger partial charge on any atom is 0.162 e. The minimum atomic E-state index is 0.317. The van der Waals surface area contributed by atoms with E-state index >= 15 is 0 Å². The number of nitrogens with zero attached hydrogens (tertiary/aromatic N) is 4. The Morgan fingerprint density at radius 3 is 0.795 bits per heavy atom. The number of rotatable bonds is 0. The Morgan fingerprint density at radius 2 is 0.568 bits per heavy atom. The summed E-state index contributed by atoms with van der Waals surface area (Å²) in [5.41, 5.74) is 0. The number of hydrogen-bond donors (Lipinski definition) is 0. The summed E-state index contributed by atoms with van der Waals surface area (Å²) < 4.78 is 23.6. The van der Waals surface area contributed by atoms with Gasteiger partial charge in [0.2, 0.25) is 0 Å². The number of ether oxygens (including phenoxy) is 4. The van der Waals surface area contributed by atoms with Crippen molar-refractivity contribution in [3.05, 3.63) is 48.5 Å². The lowest BCUT2D eigenvalue weighted by molar-refractivity contribution is 0.157. The second kappa shape index (κ2) is 17.7. The van der Waals surface area contributed by atoms with Crippen LogP contribution < -0.4 is 18.9 Å². The number of hydrogen-bond acceptors (Lipinski definition) is 8. The van der Waals surface area contributed by atoms with Crippen LogP contribution in [0.15, 0.2) is 48.5 Å². The average Bonchev–Trinajstić information content (AvgIpc) is 3.06. The van der Waals surface area contributed by atoms with Crippen LogP contribution in [0.3, 0.4) is 0 Å². The van der Waals surface area contributed by atoms with E-state index in [9.17, 15) is 0 Å². The summed E-state index contributed by atoms with van der Waals surface area (Å²) in [7, 11) is 0. The minimum Gasteiger partial charge on any atom is -0.477 e. The largest absolute Gasteiger partial charge is 0.477 e. The number of benzene rings is 2. The summed E-state index contributed by atoms with van der Waals surface area (Å²) in [5, 5.41) is 0. The average molecular weight is 593 g/mol. The highest BCUT2D eigenvalue weighted by molar-refractivity contribution is 5.40. The van der Waals surface area contributed by atoms with E-state index in [-0.39, 0.29) is 0 Å². The van der Waals surface area contributed by atoms with Crippen molar-refractivity contribution in [2.24, 2.45) is 0 Å². The molecule has 6 aliphatic rings. The molecular formula is C36H40N4O4. The van der Waals surface area contributed by atoms with E-state index in [4.69, 9.17) is 18.9 Å². The van der Waals surface area contributed by atoms with Crippen LogP contribution in [0.4, 0.5) is 0 Å². The minimum absolute atomic E-state index is 0.317. The number of para-hydroxylation sites is 4. The zero-order chi connectivity index (χ0) is 30.1. The van der Waals surface area contributed by atoms with E-state index in [1.165, 1.54) is 0 Å². The van der Waals surface area contributed by atoms with Gasteiger partial charge in [-0.2, -0.15) is 0 Å². The molecule has 8 heteroatoms. The summed E-state index contributed by atoms with van der Waals surface area (Å²) in [4.78, 5) is 9.44.